The van der Waals surface area contributed by atoms with Crippen LogP contribution in [0.1, 0.15) is 67.2 Å². The number of rotatable bonds is 6. The van der Waals surface area contributed by atoms with Crippen LogP contribution in [0.15, 0.2) is 42.5 Å². The van der Waals surface area contributed by atoms with E-state index in [2.05, 4.69) is 40.1 Å². The molecule has 5 rings (SSSR count). The number of ether oxygens (including phenoxy) is 1. The van der Waals surface area contributed by atoms with Gasteiger partial charge in [0.1, 0.15) is 5.75 Å². The number of nitrogens with zero attached hydrogens (tertiary/aromatic N) is 2. The fourth-order valence-corrected chi connectivity index (χ4v) is 6.01. The van der Waals surface area contributed by atoms with Gasteiger partial charge in [0.15, 0.2) is 0 Å². The molecule has 160 valence electrons. The fraction of sp³-hybridized carbons (Fsp3) is 0.538. The van der Waals surface area contributed by atoms with Gasteiger partial charge in [0.25, 0.3) is 0 Å². The molecule has 2 atom stereocenters. The van der Waals surface area contributed by atoms with Crippen LogP contribution in [0.4, 0.5) is 0 Å². The van der Waals surface area contributed by atoms with E-state index in [0.717, 1.165) is 36.9 Å². The van der Waals surface area contributed by atoms with E-state index >= 15 is 0 Å². The van der Waals surface area contributed by atoms with E-state index in [1.807, 2.05) is 12.1 Å². The molecular formula is C26H33ClN2O. The molecule has 0 aromatic heterocycles. The topological polar surface area (TPSA) is 15.7 Å². The maximum absolute atomic E-state index is 6.67. The third-order valence-corrected chi connectivity index (χ3v) is 7.54. The molecule has 0 N–H and O–H groups in total. The van der Waals surface area contributed by atoms with Crippen LogP contribution in [-0.2, 0) is 0 Å². The van der Waals surface area contributed by atoms with Crippen molar-refractivity contribution in [3.05, 3.63) is 64.2 Å². The minimum absolute atomic E-state index is 0.279. The molecule has 2 saturated heterocycles. The Morgan fingerprint density at radius 3 is 2.60 bits per heavy atom. The van der Waals surface area contributed by atoms with Crippen molar-refractivity contribution >= 4 is 11.6 Å². The fourth-order valence-electron chi connectivity index (χ4n) is 5.74. The third kappa shape index (κ3) is 4.12. The van der Waals surface area contributed by atoms with Gasteiger partial charge < -0.3 is 9.64 Å². The molecule has 0 spiro atoms. The molecule has 0 radical (unpaired) electrons. The highest BCUT2D eigenvalue weighted by atomic mass is 35.5. The molecule has 0 bridgehead atoms. The van der Waals surface area contributed by atoms with E-state index in [-0.39, 0.29) is 5.92 Å². The molecule has 3 aliphatic heterocycles. The standard InChI is InChI=1S/C26H33ClN2O/c27-23-11-3-2-9-20(23)22-19-29-17-7-12-24(29)21-10-6-13-25(26(21)22)30-18-8-16-28-14-4-1-5-15-28/h2-3,6,9-11,13,22,24H,1,4-5,7-8,12,14-19H2/t22-,24-/m1/s1. The lowest BCUT2D eigenvalue weighted by molar-refractivity contribution is 0.200. The van der Waals surface area contributed by atoms with Gasteiger partial charge in [0.05, 0.1) is 6.61 Å². The quantitative estimate of drug-likeness (QED) is 0.538. The van der Waals surface area contributed by atoms with Gasteiger partial charge in [0, 0.05) is 35.6 Å². The Balaban J connectivity index is 1.38. The van der Waals surface area contributed by atoms with Crippen molar-refractivity contribution in [2.75, 3.05) is 39.3 Å². The van der Waals surface area contributed by atoms with E-state index < -0.39 is 0 Å². The largest absolute Gasteiger partial charge is 0.493 e. The molecule has 4 heteroatoms. The number of likely N-dealkylation sites (tertiary alicyclic amines) is 1. The van der Waals surface area contributed by atoms with Gasteiger partial charge in [-0.15, -0.1) is 0 Å². The molecule has 2 aromatic rings. The Hall–Kier alpha value is -1.55. The average Bonchev–Trinajstić information content (AvgIpc) is 3.26. The van der Waals surface area contributed by atoms with Gasteiger partial charge in [-0.2, -0.15) is 0 Å². The van der Waals surface area contributed by atoms with Crippen molar-refractivity contribution < 1.29 is 4.74 Å². The Labute approximate surface area is 186 Å². The zero-order valence-corrected chi connectivity index (χ0v) is 18.6. The molecule has 0 unspecified atom stereocenters. The Kier molecular flexibility index (Phi) is 6.31. The van der Waals surface area contributed by atoms with E-state index in [9.17, 15) is 0 Å². The van der Waals surface area contributed by atoms with Crippen molar-refractivity contribution in [3.63, 3.8) is 0 Å². The number of piperidine rings is 1. The SMILES string of the molecule is Clc1ccccc1[C@H]1CN2CCC[C@@H]2c2cccc(OCCCN3CCCCC3)c21. The lowest BCUT2D eigenvalue weighted by Gasteiger charge is -2.38. The zero-order chi connectivity index (χ0) is 20.3. The van der Waals surface area contributed by atoms with Crippen molar-refractivity contribution in [2.24, 2.45) is 0 Å². The lowest BCUT2D eigenvalue weighted by Crippen LogP contribution is -2.35. The summed E-state index contributed by atoms with van der Waals surface area (Å²) in [5.41, 5.74) is 4.07. The Morgan fingerprint density at radius 2 is 1.73 bits per heavy atom. The number of halogens is 1. The van der Waals surface area contributed by atoms with Crippen molar-refractivity contribution in [3.8, 4) is 5.75 Å². The van der Waals surface area contributed by atoms with Crippen LogP contribution in [0.25, 0.3) is 0 Å². The zero-order valence-electron chi connectivity index (χ0n) is 17.9. The monoisotopic (exact) mass is 424 g/mol. The second-order valence-electron chi connectivity index (χ2n) is 9.09. The molecular weight excluding hydrogens is 392 g/mol. The second kappa shape index (κ2) is 9.30. The lowest BCUT2D eigenvalue weighted by atomic mass is 9.81. The highest BCUT2D eigenvalue weighted by Gasteiger charge is 2.38. The van der Waals surface area contributed by atoms with Crippen LogP contribution in [0.2, 0.25) is 5.02 Å². The Bertz CT molecular complexity index is 864. The van der Waals surface area contributed by atoms with Crippen LogP contribution in [0.5, 0.6) is 5.75 Å². The van der Waals surface area contributed by atoms with Gasteiger partial charge in [0.2, 0.25) is 0 Å². The predicted molar refractivity (Wildman–Crippen MR) is 124 cm³/mol. The van der Waals surface area contributed by atoms with E-state index in [0.29, 0.717) is 6.04 Å². The number of hydrogen-bond donors (Lipinski definition) is 0. The first-order valence-electron chi connectivity index (χ1n) is 11.8. The van der Waals surface area contributed by atoms with Gasteiger partial charge in [-0.25, -0.2) is 0 Å². The van der Waals surface area contributed by atoms with E-state index in [1.54, 1.807) is 0 Å². The summed E-state index contributed by atoms with van der Waals surface area (Å²) in [6, 6.07) is 15.6. The first kappa shape index (κ1) is 20.4. The smallest absolute Gasteiger partial charge is 0.123 e. The molecule has 0 amide bonds. The molecule has 2 fully saturated rings. The van der Waals surface area contributed by atoms with Gasteiger partial charge in [-0.1, -0.05) is 48.4 Å². The molecule has 3 heterocycles. The molecule has 2 aromatic carbocycles. The summed E-state index contributed by atoms with van der Waals surface area (Å²) >= 11 is 6.67. The van der Waals surface area contributed by atoms with E-state index in [4.69, 9.17) is 16.3 Å². The summed E-state index contributed by atoms with van der Waals surface area (Å²) in [6.45, 7) is 6.68. The normalized spacial score (nSPS) is 24.4. The number of hydrogen-bond acceptors (Lipinski definition) is 3. The summed E-state index contributed by atoms with van der Waals surface area (Å²) < 4.78 is 6.45. The maximum Gasteiger partial charge on any atom is 0.123 e. The molecule has 30 heavy (non-hydrogen) atoms. The maximum atomic E-state index is 6.67. The van der Waals surface area contributed by atoms with Gasteiger partial charge in [-0.05, 0) is 75.0 Å². The van der Waals surface area contributed by atoms with Crippen molar-refractivity contribution in [1.82, 2.24) is 9.80 Å². The first-order chi connectivity index (χ1) is 14.8. The third-order valence-electron chi connectivity index (χ3n) is 7.19. The van der Waals surface area contributed by atoms with Crippen molar-refractivity contribution in [2.45, 2.75) is 50.5 Å². The van der Waals surface area contributed by atoms with Crippen LogP contribution < -0.4 is 4.74 Å². The predicted octanol–water partition coefficient (Wildman–Crippen LogP) is 5.88. The molecule has 3 aliphatic rings. The number of fused-ring (bicyclic) bond motifs is 3. The highest BCUT2D eigenvalue weighted by Crippen LogP contribution is 2.48. The molecule has 0 saturated carbocycles. The van der Waals surface area contributed by atoms with Gasteiger partial charge in [-0.3, -0.25) is 4.90 Å². The van der Waals surface area contributed by atoms with Crippen LogP contribution >= 0.6 is 11.6 Å². The van der Waals surface area contributed by atoms with Crippen LogP contribution in [-0.4, -0.2) is 49.1 Å². The average molecular weight is 425 g/mol. The first-order valence-corrected chi connectivity index (χ1v) is 12.2. The second-order valence-corrected chi connectivity index (χ2v) is 9.50. The van der Waals surface area contributed by atoms with Gasteiger partial charge >= 0.3 is 0 Å². The summed E-state index contributed by atoms with van der Waals surface area (Å²) in [4.78, 5) is 5.24. The Morgan fingerprint density at radius 1 is 0.900 bits per heavy atom. The van der Waals surface area contributed by atoms with Crippen LogP contribution in [0, 0.1) is 0 Å². The summed E-state index contributed by atoms with van der Waals surface area (Å²) in [5, 5.41) is 0.867. The minimum atomic E-state index is 0.279. The molecule has 3 nitrogen and oxygen atoms in total. The summed E-state index contributed by atoms with van der Waals surface area (Å²) in [5.74, 6) is 1.35. The molecule has 0 aliphatic carbocycles. The van der Waals surface area contributed by atoms with Crippen LogP contribution in [0.3, 0.4) is 0 Å². The van der Waals surface area contributed by atoms with Crippen molar-refractivity contribution in [1.29, 1.82) is 0 Å². The summed E-state index contributed by atoms with van der Waals surface area (Å²) in [6.07, 6.45) is 7.72. The summed E-state index contributed by atoms with van der Waals surface area (Å²) in [7, 11) is 0. The number of benzene rings is 2. The minimum Gasteiger partial charge on any atom is -0.493 e. The highest BCUT2D eigenvalue weighted by molar-refractivity contribution is 6.31. The van der Waals surface area contributed by atoms with E-state index in [1.165, 1.54) is 68.4 Å².